The first kappa shape index (κ1) is 50.0. The summed E-state index contributed by atoms with van der Waals surface area (Å²) in [5.41, 5.74) is 1.05. The molecule has 0 unspecified atom stereocenters. The number of rotatable bonds is 20. The minimum absolute atomic E-state index is 0.104. The molecule has 0 radical (unpaired) electrons. The highest BCUT2D eigenvalue weighted by molar-refractivity contribution is 7.03. The van der Waals surface area contributed by atoms with E-state index < -0.39 is 32.8 Å². The summed E-state index contributed by atoms with van der Waals surface area (Å²) < 4.78 is 17.7. The summed E-state index contributed by atoms with van der Waals surface area (Å²) in [7, 11) is -11.0. The fraction of sp³-hybridized carbons (Fsp3) is 0.400. The van der Waals surface area contributed by atoms with Gasteiger partial charge in [0.25, 0.3) is 16.6 Å². The molecule has 66 heavy (non-hydrogen) atoms. The summed E-state index contributed by atoms with van der Waals surface area (Å²) >= 11 is 0. The lowest BCUT2D eigenvalue weighted by Gasteiger charge is -2.58. The van der Waals surface area contributed by atoms with Crippen molar-refractivity contribution >= 4 is 63.9 Å². The van der Waals surface area contributed by atoms with E-state index in [4.69, 9.17) is 8.85 Å². The second-order valence-electron chi connectivity index (χ2n) is 20.7. The molecule has 0 spiro atoms. The van der Waals surface area contributed by atoms with Crippen LogP contribution in [0.4, 0.5) is 0 Å². The third kappa shape index (κ3) is 10.4. The van der Waals surface area contributed by atoms with Crippen LogP contribution in [0.5, 0.6) is 0 Å². The zero-order valence-corrected chi connectivity index (χ0v) is 45.7. The quantitative estimate of drug-likeness (QED) is 0.0561. The van der Waals surface area contributed by atoms with E-state index >= 15 is 0 Å². The molecule has 0 amide bonds. The lowest BCUT2D eigenvalue weighted by molar-refractivity contribution is 0.120. The predicted octanol–water partition coefficient (Wildman–Crippen LogP) is 13.0. The fourth-order valence-corrected chi connectivity index (χ4v) is 34.2. The van der Waals surface area contributed by atoms with Gasteiger partial charge in [-0.15, -0.1) is 0 Å². The SMILES string of the molecule is CCCCCC[C@@H]([C@H]1[C@H](C)O[Si](c2ccccc2)(c2ccccc2)[C@H]([C@H](CCCCCC)[Si](C)(C)c2ccccc2)[C@@H](C)O[Si]1(c1ccccc1)c1ccccc1)[Si](C)(C)c1ccccc1. The molecular formula is C60H80O2Si4. The highest BCUT2D eigenvalue weighted by Crippen LogP contribution is 2.55. The van der Waals surface area contributed by atoms with E-state index in [1.54, 1.807) is 0 Å². The van der Waals surface area contributed by atoms with E-state index in [0.29, 0.717) is 11.1 Å². The van der Waals surface area contributed by atoms with Crippen LogP contribution in [0.2, 0.25) is 48.4 Å². The Morgan fingerprint density at radius 3 is 0.894 bits per heavy atom. The summed E-state index contributed by atoms with van der Waals surface area (Å²) in [4.78, 5) is 0. The number of benzene rings is 6. The van der Waals surface area contributed by atoms with Gasteiger partial charge in [-0.1, -0.05) is 297 Å². The molecular weight excluding hydrogens is 865 g/mol. The maximum atomic E-state index is 8.86. The molecule has 0 saturated carbocycles. The molecule has 0 N–H and O–H groups in total. The standard InChI is InChI=1S/C60H80O2Si4/c1-9-11-13-33-47-57(63(5,6)51-35-21-15-22-36-51)59-49(3)61-66(55-43-29-19-30-44-55,56-45-31-20-32-46-56)60(58(48-34-14-12-10-2)64(7,8)52-37-23-16-24-38-52)50(4)62-65(59,53-39-25-17-26-40-53)54-41-27-18-28-42-54/h15-32,35-46,49-50,57-60H,9-14,33-34,47-48H2,1-8H3/t49-,50+,57-,58-,59+,60-/m0/s1. The monoisotopic (exact) mass is 945 g/mol. The average molecular weight is 946 g/mol. The van der Waals surface area contributed by atoms with Crippen LogP contribution >= 0.6 is 0 Å². The molecule has 6 aromatic carbocycles. The maximum absolute atomic E-state index is 8.86. The average Bonchev–Trinajstić information content (AvgIpc) is 3.36. The Morgan fingerprint density at radius 2 is 0.636 bits per heavy atom. The van der Waals surface area contributed by atoms with Crippen LogP contribution in [0.25, 0.3) is 0 Å². The van der Waals surface area contributed by atoms with Crippen LogP contribution in [0.3, 0.4) is 0 Å². The van der Waals surface area contributed by atoms with Gasteiger partial charge >= 0.3 is 0 Å². The van der Waals surface area contributed by atoms with Gasteiger partial charge in [-0.25, -0.2) is 0 Å². The van der Waals surface area contributed by atoms with E-state index in [1.807, 2.05) is 0 Å². The highest BCUT2D eigenvalue weighted by atomic mass is 28.4. The molecule has 0 aromatic heterocycles. The molecule has 7 rings (SSSR count). The Hall–Kier alpha value is -3.89. The Bertz CT molecular complexity index is 2060. The van der Waals surface area contributed by atoms with Gasteiger partial charge in [0.05, 0.1) is 16.1 Å². The van der Waals surface area contributed by atoms with Crippen molar-refractivity contribution in [3.05, 3.63) is 182 Å². The van der Waals surface area contributed by atoms with Crippen molar-refractivity contribution in [2.75, 3.05) is 0 Å². The van der Waals surface area contributed by atoms with Gasteiger partial charge in [0.1, 0.15) is 0 Å². The van der Waals surface area contributed by atoms with Crippen LogP contribution in [0.15, 0.2) is 182 Å². The molecule has 348 valence electrons. The number of unbranched alkanes of at least 4 members (excludes halogenated alkanes) is 6. The van der Waals surface area contributed by atoms with E-state index in [9.17, 15) is 0 Å². The van der Waals surface area contributed by atoms with Crippen LogP contribution in [0.1, 0.15) is 91.9 Å². The summed E-state index contributed by atoms with van der Waals surface area (Å²) in [5.74, 6) is 0. The van der Waals surface area contributed by atoms with Crippen LogP contribution < -0.4 is 31.1 Å². The minimum atomic E-state index is -3.23. The Morgan fingerprint density at radius 1 is 0.379 bits per heavy atom. The van der Waals surface area contributed by atoms with E-state index in [0.717, 1.165) is 0 Å². The lowest BCUT2D eigenvalue weighted by Crippen LogP contribution is -2.77. The van der Waals surface area contributed by atoms with Crippen LogP contribution in [0, 0.1) is 0 Å². The first-order chi connectivity index (χ1) is 32.0. The molecule has 0 bridgehead atoms. The molecule has 1 aliphatic rings. The van der Waals surface area contributed by atoms with Gasteiger partial charge in [0, 0.05) is 23.3 Å². The van der Waals surface area contributed by atoms with Gasteiger partial charge in [-0.2, -0.15) is 0 Å². The largest absolute Gasteiger partial charge is 0.405 e. The van der Waals surface area contributed by atoms with Crippen LogP contribution in [-0.4, -0.2) is 45.0 Å². The first-order valence-corrected chi connectivity index (χ1v) is 35.8. The lowest BCUT2D eigenvalue weighted by atomic mass is 10.1. The van der Waals surface area contributed by atoms with Gasteiger partial charge < -0.3 is 8.85 Å². The Labute approximate surface area is 404 Å². The fourth-order valence-electron chi connectivity index (χ4n) is 12.6. The summed E-state index contributed by atoms with van der Waals surface area (Å²) in [6.45, 7) is 20.4. The Kier molecular flexibility index (Phi) is 17.4. The minimum Gasteiger partial charge on any atom is -0.405 e. The van der Waals surface area contributed by atoms with Gasteiger partial charge in [0.15, 0.2) is 0 Å². The molecule has 1 fully saturated rings. The number of hydrogen-bond donors (Lipinski definition) is 0. The molecule has 6 atom stereocenters. The third-order valence-electron chi connectivity index (χ3n) is 16.0. The molecule has 6 aromatic rings. The van der Waals surface area contributed by atoms with Crippen LogP contribution in [-0.2, 0) is 8.85 Å². The summed E-state index contributed by atoms with van der Waals surface area (Å²) in [5, 5.41) is 8.59. The third-order valence-corrected chi connectivity index (χ3v) is 35.2. The maximum Gasteiger partial charge on any atom is 0.261 e. The molecule has 0 aliphatic carbocycles. The molecule has 6 heteroatoms. The van der Waals surface area contributed by atoms with Crippen molar-refractivity contribution in [1.82, 2.24) is 0 Å². The zero-order chi connectivity index (χ0) is 46.6. The normalized spacial score (nSPS) is 20.7. The van der Waals surface area contributed by atoms with Crippen molar-refractivity contribution in [2.24, 2.45) is 0 Å². The second-order valence-corrected chi connectivity index (χ2v) is 37.3. The highest BCUT2D eigenvalue weighted by Gasteiger charge is 2.64. The van der Waals surface area contributed by atoms with Crippen molar-refractivity contribution in [3.63, 3.8) is 0 Å². The summed E-state index contributed by atoms with van der Waals surface area (Å²) in [6, 6.07) is 69.9. The topological polar surface area (TPSA) is 18.5 Å². The van der Waals surface area contributed by atoms with Gasteiger partial charge in [-0.3, -0.25) is 0 Å². The van der Waals surface area contributed by atoms with Gasteiger partial charge in [0.2, 0.25) is 0 Å². The van der Waals surface area contributed by atoms with Crippen molar-refractivity contribution in [3.8, 4) is 0 Å². The molecule has 2 nitrogen and oxygen atoms in total. The molecule has 1 saturated heterocycles. The second kappa shape index (κ2) is 22.9. The van der Waals surface area contributed by atoms with E-state index in [1.165, 1.54) is 95.3 Å². The molecule has 1 aliphatic heterocycles. The predicted molar refractivity (Wildman–Crippen MR) is 297 cm³/mol. The van der Waals surface area contributed by atoms with Gasteiger partial charge in [-0.05, 0) is 45.7 Å². The number of hydrogen-bond acceptors (Lipinski definition) is 2. The van der Waals surface area contributed by atoms with E-state index in [-0.39, 0.29) is 23.3 Å². The zero-order valence-electron chi connectivity index (χ0n) is 41.7. The van der Waals surface area contributed by atoms with Crippen molar-refractivity contribution in [1.29, 1.82) is 0 Å². The summed E-state index contributed by atoms with van der Waals surface area (Å²) in [6.07, 6.45) is 12.1. The molecule has 1 heterocycles. The van der Waals surface area contributed by atoms with Crippen molar-refractivity contribution < 1.29 is 8.85 Å². The van der Waals surface area contributed by atoms with E-state index in [2.05, 4.69) is 236 Å². The Balaban J connectivity index is 1.60. The first-order valence-electron chi connectivity index (χ1n) is 25.7. The smallest absolute Gasteiger partial charge is 0.261 e. The van der Waals surface area contributed by atoms with Crippen molar-refractivity contribution in [2.45, 2.75) is 152 Å².